The van der Waals surface area contributed by atoms with Crippen LogP contribution in [0.25, 0.3) is 15.9 Å². The molecule has 1 aliphatic carbocycles. The lowest BCUT2D eigenvalue weighted by atomic mass is 10.2. The maximum Gasteiger partial charge on any atom is 0.259 e. The highest BCUT2D eigenvalue weighted by Gasteiger charge is 2.21. The lowest BCUT2D eigenvalue weighted by Gasteiger charge is -2.05. The van der Waals surface area contributed by atoms with Crippen molar-refractivity contribution in [3.05, 3.63) is 56.8 Å². The van der Waals surface area contributed by atoms with E-state index in [-0.39, 0.29) is 11.5 Å². The second-order valence-electron chi connectivity index (χ2n) is 7.19. The number of aromatic nitrogens is 5. The number of pyridine rings is 1. The normalized spacial score (nSPS) is 13.2. The molecule has 2 N–H and O–H groups in total. The van der Waals surface area contributed by atoms with Crippen LogP contribution in [0.4, 0.5) is 0 Å². The number of fused-ring (bicyclic) bond motifs is 4. The van der Waals surface area contributed by atoms with E-state index in [9.17, 15) is 9.59 Å². The summed E-state index contributed by atoms with van der Waals surface area (Å²) in [6, 6.07) is 5.73. The number of aryl methyl sites for hydroxylation is 2. The minimum Gasteiger partial charge on any atom is -0.355 e. The zero-order valence-corrected chi connectivity index (χ0v) is 17.8. The van der Waals surface area contributed by atoms with Crippen molar-refractivity contribution in [1.29, 1.82) is 0 Å². The summed E-state index contributed by atoms with van der Waals surface area (Å²) in [6.45, 7) is 0.497. The lowest BCUT2D eigenvalue weighted by Crippen LogP contribution is -2.27. The number of thioether (sulfide) groups is 1. The number of rotatable bonds is 7. The molecule has 0 aromatic carbocycles. The van der Waals surface area contributed by atoms with E-state index >= 15 is 0 Å². The van der Waals surface area contributed by atoms with Gasteiger partial charge in [0.15, 0.2) is 5.65 Å². The molecule has 0 saturated heterocycles. The molecule has 154 valence electrons. The van der Waals surface area contributed by atoms with Gasteiger partial charge < -0.3 is 10.3 Å². The molecule has 0 fully saturated rings. The molecule has 0 atom stereocenters. The summed E-state index contributed by atoms with van der Waals surface area (Å²) in [5, 5.41) is 11.9. The van der Waals surface area contributed by atoms with E-state index < -0.39 is 0 Å². The molecule has 4 heterocycles. The number of amides is 1. The summed E-state index contributed by atoms with van der Waals surface area (Å²) < 4.78 is 1.92. The van der Waals surface area contributed by atoms with Gasteiger partial charge in [-0.3, -0.25) is 14.0 Å². The SMILES string of the molecule is O=C(CSCc1nc2sc3c(c2c(=O)[nH]1)CCC3)NCCc1nnc2ccccn12. The van der Waals surface area contributed by atoms with E-state index in [1.54, 1.807) is 11.3 Å². The Kier molecular flexibility index (Phi) is 5.26. The lowest BCUT2D eigenvalue weighted by molar-refractivity contribution is -0.118. The van der Waals surface area contributed by atoms with Crippen molar-refractivity contribution in [1.82, 2.24) is 29.9 Å². The summed E-state index contributed by atoms with van der Waals surface area (Å²) >= 11 is 3.07. The maximum atomic E-state index is 12.5. The Morgan fingerprint density at radius 2 is 2.23 bits per heavy atom. The predicted molar refractivity (Wildman–Crippen MR) is 118 cm³/mol. The molecule has 1 aliphatic rings. The van der Waals surface area contributed by atoms with Crippen LogP contribution in [-0.2, 0) is 29.8 Å². The van der Waals surface area contributed by atoms with Crippen LogP contribution in [0.2, 0.25) is 0 Å². The van der Waals surface area contributed by atoms with Crippen LogP contribution >= 0.6 is 23.1 Å². The number of H-pyrrole nitrogens is 1. The number of nitrogens with zero attached hydrogens (tertiary/aromatic N) is 4. The number of thiophene rings is 1. The molecule has 0 radical (unpaired) electrons. The molecule has 0 spiro atoms. The summed E-state index contributed by atoms with van der Waals surface area (Å²) in [5.74, 6) is 2.20. The van der Waals surface area contributed by atoms with Gasteiger partial charge in [0.1, 0.15) is 16.5 Å². The van der Waals surface area contributed by atoms with Crippen LogP contribution in [0.5, 0.6) is 0 Å². The molecule has 0 saturated carbocycles. The van der Waals surface area contributed by atoms with E-state index in [4.69, 9.17) is 0 Å². The largest absolute Gasteiger partial charge is 0.355 e. The van der Waals surface area contributed by atoms with Crippen LogP contribution in [0, 0.1) is 0 Å². The molecule has 4 aromatic heterocycles. The zero-order chi connectivity index (χ0) is 20.5. The van der Waals surface area contributed by atoms with Gasteiger partial charge in [-0.05, 0) is 37.0 Å². The van der Waals surface area contributed by atoms with E-state index in [0.717, 1.165) is 41.0 Å². The molecule has 30 heavy (non-hydrogen) atoms. The Bertz CT molecular complexity index is 1290. The first-order chi connectivity index (χ1) is 14.7. The second kappa shape index (κ2) is 8.19. The highest BCUT2D eigenvalue weighted by Crippen LogP contribution is 2.34. The number of hydrogen-bond donors (Lipinski definition) is 2. The van der Waals surface area contributed by atoms with Crippen molar-refractivity contribution in [2.45, 2.75) is 31.4 Å². The Morgan fingerprint density at radius 3 is 3.17 bits per heavy atom. The number of carbonyl (C=O) groups excluding carboxylic acids is 1. The van der Waals surface area contributed by atoms with Crippen LogP contribution in [0.15, 0.2) is 29.2 Å². The smallest absolute Gasteiger partial charge is 0.259 e. The minimum absolute atomic E-state index is 0.0488. The van der Waals surface area contributed by atoms with Crippen molar-refractivity contribution in [2.75, 3.05) is 12.3 Å². The summed E-state index contributed by atoms with van der Waals surface area (Å²) in [4.78, 5) is 34.2. The van der Waals surface area contributed by atoms with Gasteiger partial charge in [-0.1, -0.05) is 6.07 Å². The monoisotopic (exact) mass is 440 g/mol. The summed E-state index contributed by atoms with van der Waals surface area (Å²) in [5.41, 5.74) is 1.92. The number of hydrogen-bond acceptors (Lipinski definition) is 7. The molecule has 5 rings (SSSR count). The van der Waals surface area contributed by atoms with Crippen molar-refractivity contribution in [3.63, 3.8) is 0 Å². The van der Waals surface area contributed by atoms with E-state index in [2.05, 4.69) is 25.5 Å². The third-order valence-electron chi connectivity index (χ3n) is 5.15. The fourth-order valence-electron chi connectivity index (χ4n) is 3.78. The van der Waals surface area contributed by atoms with E-state index in [1.807, 2.05) is 28.8 Å². The minimum atomic E-state index is -0.0556. The van der Waals surface area contributed by atoms with Crippen molar-refractivity contribution >= 4 is 44.9 Å². The van der Waals surface area contributed by atoms with Crippen LogP contribution in [0.1, 0.15) is 28.5 Å². The van der Waals surface area contributed by atoms with Crippen LogP contribution in [-0.4, -0.2) is 42.8 Å². The third-order valence-corrected chi connectivity index (χ3v) is 7.28. The zero-order valence-electron chi connectivity index (χ0n) is 16.2. The molecule has 1 amide bonds. The van der Waals surface area contributed by atoms with Gasteiger partial charge in [-0.2, -0.15) is 0 Å². The Morgan fingerprint density at radius 1 is 1.30 bits per heavy atom. The Labute approximate surface area is 180 Å². The van der Waals surface area contributed by atoms with Gasteiger partial charge in [-0.25, -0.2) is 4.98 Å². The molecular weight excluding hydrogens is 420 g/mol. The van der Waals surface area contributed by atoms with Gasteiger partial charge >= 0.3 is 0 Å². The predicted octanol–water partition coefficient (Wildman–Crippen LogP) is 2.11. The second-order valence-corrected chi connectivity index (χ2v) is 9.26. The molecule has 4 aromatic rings. The van der Waals surface area contributed by atoms with Crippen LogP contribution in [0.3, 0.4) is 0 Å². The summed E-state index contributed by atoms with van der Waals surface area (Å²) in [7, 11) is 0. The van der Waals surface area contributed by atoms with Gasteiger partial charge in [0, 0.05) is 24.0 Å². The molecule has 0 unspecified atom stereocenters. The number of aromatic amines is 1. The third kappa shape index (κ3) is 3.72. The molecule has 0 bridgehead atoms. The average molecular weight is 441 g/mol. The number of carbonyl (C=O) groups is 1. The highest BCUT2D eigenvalue weighted by molar-refractivity contribution is 7.99. The number of nitrogens with one attached hydrogen (secondary N) is 2. The first-order valence-electron chi connectivity index (χ1n) is 9.85. The summed E-state index contributed by atoms with van der Waals surface area (Å²) in [6.07, 6.45) is 5.66. The topological polar surface area (TPSA) is 105 Å². The maximum absolute atomic E-state index is 12.5. The van der Waals surface area contributed by atoms with Crippen molar-refractivity contribution in [3.8, 4) is 0 Å². The molecule has 8 nitrogen and oxygen atoms in total. The first kappa shape index (κ1) is 19.3. The molecule has 0 aliphatic heterocycles. The van der Waals surface area contributed by atoms with Gasteiger partial charge in [0.05, 0.1) is 16.9 Å². The molecular formula is C20H20N6O2S2. The van der Waals surface area contributed by atoms with Crippen LogP contribution < -0.4 is 10.9 Å². The Hall–Kier alpha value is -2.72. The molecule has 10 heteroatoms. The van der Waals surface area contributed by atoms with E-state index in [1.165, 1.54) is 22.2 Å². The van der Waals surface area contributed by atoms with Gasteiger partial charge in [0.25, 0.3) is 5.56 Å². The fraction of sp³-hybridized carbons (Fsp3) is 0.350. The van der Waals surface area contributed by atoms with Gasteiger partial charge in [-0.15, -0.1) is 33.3 Å². The van der Waals surface area contributed by atoms with E-state index in [0.29, 0.717) is 30.3 Å². The Balaban J connectivity index is 1.12. The van der Waals surface area contributed by atoms with Crippen molar-refractivity contribution < 1.29 is 4.79 Å². The first-order valence-corrected chi connectivity index (χ1v) is 11.8. The van der Waals surface area contributed by atoms with Crippen molar-refractivity contribution in [2.24, 2.45) is 0 Å². The average Bonchev–Trinajstić information content (AvgIpc) is 3.42. The highest BCUT2D eigenvalue weighted by atomic mass is 32.2. The standard InChI is InChI=1S/C20H20N6O2S2/c27-17(21-8-7-16-25-24-15-6-1-2-9-26(15)16)11-29-10-14-22-19(28)18-12-4-3-5-13(12)30-20(18)23-14/h1-2,6,9H,3-5,7-8,10-11H2,(H,21,27)(H,22,23,28). The fourth-order valence-corrected chi connectivity index (χ4v) is 5.78. The van der Waals surface area contributed by atoms with Gasteiger partial charge in [0.2, 0.25) is 5.91 Å². The quantitative estimate of drug-likeness (QED) is 0.456.